The summed E-state index contributed by atoms with van der Waals surface area (Å²) in [5.41, 5.74) is 6.27. The number of rotatable bonds is 12. The topological polar surface area (TPSA) is 122 Å². The second kappa shape index (κ2) is 16.5. The van der Waals surface area contributed by atoms with Crippen LogP contribution in [0, 0.1) is 36.5 Å². The molecule has 2 fully saturated rings. The number of carbonyl (C=O) groups is 2. The molecule has 2 aliphatic rings. The van der Waals surface area contributed by atoms with E-state index < -0.39 is 5.97 Å². The standard InChI is InChI=1S/C39H48N8O3/c1-28(2)47-35(22-36(42-47)39(49)50-5)27-46(34-11-9-10-31(21-34)25-43-13-7-6-8-14-43)37(48)12-15-44-16-17-45(38(44)33(23-40)24-41)26-32-19-29(3)18-30(4)20-32/h9-11,18-22,28H,6-8,12-17,25-27H2,1-5H3. The van der Waals surface area contributed by atoms with Crippen LogP contribution in [0.15, 0.2) is 59.9 Å². The van der Waals surface area contributed by atoms with Crippen LogP contribution in [-0.4, -0.2) is 76.2 Å². The summed E-state index contributed by atoms with van der Waals surface area (Å²) in [5, 5.41) is 24.4. The average Bonchev–Trinajstić information content (AvgIpc) is 3.71. The smallest absolute Gasteiger partial charge is 0.358 e. The van der Waals surface area contributed by atoms with E-state index in [0.29, 0.717) is 37.7 Å². The fraction of sp³-hybridized carbons (Fsp3) is 0.462. The Morgan fingerprint density at radius 1 is 0.900 bits per heavy atom. The normalized spacial score (nSPS) is 14.8. The van der Waals surface area contributed by atoms with Crippen molar-refractivity contribution in [3.05, 3.63) is 93.6 Å². The summed E-state index contributed by atoms with van der Waals surface area (Å²) in [7, 11) is 1.33. The number of anilines is 1. The Hall–Kier alpha value is -5.13. The third-order valence-electron chi connectivity index (χ3n) is 9.33. The monoisotopic (exact) mass is 676 g/mol. The van der Waals surface area contributed by atoms with Crippen LogP contribution in [0.3, 0.4) is 0 Å². The van der Waals surface area contributed by atoms with Gasteiger partial charge < -0.3 is 19.4 Å². The first-order valence-electron chi connectivity index (χ1n) is 17.5. The van der Waals surface area contributed by atoms with E-state index in [2.05, 4.69) is 71.2 Å². The van der Waals surface area contributed by atoms with E-state index in [9.17, 15) is 20.1 Å². The molecule has 2 aliphatic heterocycles. The number of ether oxygens (including phenoxy) is 1. The van der Waals surface area contributed by atoms with Gasteiger partial charge in [0, 0.05) is 50.9 Å². The Kier molecular flexibility index (Phi) is 11.9. The lowest BCUT2D eigenvalue weighted by atomic mass is 10.1. The van der Waals surface area contributed by atoms with Crippen molar-refractivity contribution in [2.24, 2.45) is 0 Å². The molecule has 0 aliphatic carbocycles. The number of allylic oxidation sites excluding steroid dienone is 1. The predicted octanol–water partition coefficient (Wildman–Crippen LogP) is 5.85. The van der Waals surface area contributed by atoms with Gasteiger partial charge in [-0.25, -0.2) is 4.79 Å². The number of amides is 1. The van der Waals surface area contributed by atoms with Crippen LogP contribution < -0.4 is 4.90 Å². The van der Waals surface area contributed by atoms with Crippen LogP contribution in [0.1, 0.15) is 84.0 Å². The highest BCUT2D eigenvalue weighted by Gasteiger charge is 2.30. The number of aromatic nitrogens is 2. The van der Waals surface area contributed by atoms with E-state index >= 15 is 0 Å². The fourth-order valence-electron chi connectivity index (χ4n) is 7.10. The first-order chi connectivity index (χ1) is 24.1. The molecule has 2 saturated heterocycles. The van der Waals surface area contributed by atoms with Crippen LogP contribution in [0.5, 0.6) is 0 Å². The van der Waals surface area contributed by atoms with Crippen molar-refractivity contribution in [2.75, 3.05) is 44.7 Å². The number of esters is 1. The van der Waals surface area contributed by atoms with Crippen LogP contribution in [0.4, 0.5) is 5.69 Å². The molecule has 3 aromatic rings. The van der Waals surface area contributed by atoms with Crippen molar-refractivity contribution in [1.82, 2.24) is 24.5 Å². The highest BCUT2D eigenvalue weighted by Crippen LogP contribution is 2.27. The molecule has 0 bridgehead atoms. The third kappa shape index (κ3) is 8.71. The van der Waals surface area contributed by atoms with Gasteiger partial charge >= 0.3 is 5.97 Å². The summed E-state index contributed by atoms with van der Waals surface area (Å²) in [5.74, 6) is -0.0759. The molecule has 0 unspecified atom stereocenters. The molecule has 11 heteroatoms. The van der Waals surface area contributed by atoms with Gasteiger partial charge in [-0.15, -0.1) is 0 Å². The van der Waals surface area contributed by atoms with E-state index in [1.165, 1.54) is 26.4 Å². The summed E-state index contributed by atoms with van der Waals surface area (Å²) in [6, 6.07) is 20.3. The number of benzene rings is 2. The minimum atomic E-state index is -0.531. The molecule has 1 aromatic heterocycles. The molecular weight excluding hydrogens is 628 g/mol. The highest BCUT2D eigenvalue weighted by atomic mass is 16.5. The minimum Gasteiger partial charge on any atom is -0.464 e. The van der Waals surface area contributed by atoms with E-state index in [1.54, 1.807) is 15.6 Å². The number of nitrogens with zero attached hydrogens (tertiary/aromatic N) is 8. The first-order valence-corrected chi connectivity index (χ1v) is 17.5. The van der Waals surface area contributed by atoms with Crippen molar-refractivity contribution in [2.45, 2.75) is 79.1 Å². The summed E-state index contributed by atoms with van der Waals surface area (Å²) in [4.78, 5) is 35.1. The molecule has 5 rings (SSSR count). The molecule has 0 saturated carbocycles. The molecule has 1 amide bonds. The molecule has 50 heavy (non-hydrogen) atoms. The van der Waals surface area contributed by atoms with Crippen molar-refractivity contribution in [1.29, 1.82) is 10.5 Å². The van der Waals surface area contributed by atoms with Gasteiger partial charge in [0.1, 0.15) is 18.0 Å². The lowest BCUT2D eigenvalue weighted by molar-refractivity contribution is -0.119. The zero-order valence-corrected chi connectivity index (χ0v) is 30.0. The Bertz CT molecular complexity index is 1770. The molecule has 11 nitrogen and oxygen atoms in total. The summed E-state index contributed by atoms with van der Waals surface area (Å²) < 4.78 is 6.72. The molecule has 0 radical (unpaired) electrons. The van der Waals surface area contributed by atoms with Gasteiger partial charge in [0.25, 0.3) is 0 Å². The second-order valence-corrected chi connectivity index (χ2v) is 13.6. The van der Waals surface area contributed by atoms with Gasteiger partial charge in [-0.1, -0.05) is 47.9 Å². The molecule has 3 heterocycles. The zero-order valence-electron chi connectivity index (χ0n) is 30.0. The van der Waals surface area contributed by atoms with E-state index in [0.717, 1.165) is 47.6 Å². The number of likely N-dealkylation sites (tertiary alicyclic amines) is 1. The lowest BCUT2D eigenvalue weighted by Crippen LogP contribution is -2.35. The van der Waals surface area contributed by atoms with E-state index in [1.807, 2.05) is 30.9 Å². The maximum atomic E-state index is 14.4. The second-order valence-electron chi connectivity index (χ2n) is 13.6. The zero-order chi connectivity index (χ0) is 35.8. The fourth-order valence-corrected chi connectivity index (χ4v) is 7.10. The van der Waals surface area contributed by atoms with Crippen molar-refractivity contribution in [3.8, 4) is 12.1 Å². The van der Waals surface area contributed by atoms with Crippen molar-refractivity contribution in [3.63, 3.8) is 0 Å². The van der Waals surface area contributed by atoms with Crippen LogP contribution in [0.2, 0.25) is 0 Å². The Labute approximate surface area is 295 Å². The number of hydrogen-bond donors (Lipinski definition) is 0. The minimum absolute atomic E-state index is 0.0396. The summed E-state index contributed by atoms with van der Waals surface area (Å²) in [6.07, 6.45) is 3.80. The van der Waals surface area contributed by atoms with Crippen LogP contribution in [0.25, 0.3) is 0 Å². The van der Waals surface area contributed by atoms with Gasteiger partial charge in [0.2, 0.25) is 5.91 Å². The van der Waals surface area contributed by atoms with Crippen molar-refractivity contribution < 1.29 is 14.3 Å². The summed E-state index contributed by atoms with van der Waals surface area (Å²) >= 11 is 0. The quantitative estimate of drug-likeness (QED) is 0.172. The van der Waals surface area contributed by atoms with Gasteiger partial charge in [-0.05, 0) is 83.0 Å². The summed E-state index contributed by atoms with van der Waals surface area (Å²) in [6.45, 7) is 13.4. The number of carbonyl (C=O) groups excluding carboxylic acids is 2. The Balaban J connectivity index is 1.42. The first kappa shape index (κ1) is 36.2. The number of methoxy groups -OCH3 is 1. The highest BCUT2D eigenvalue weighted by molar-refractivity contribution is 5.93. The number of aryl methyl sites for hydroxylation is 2. The molecule has 0 spiro atoms. The Morgan fingerprint density at radius 3 is 2.26 bits per heavy atom. The number of nitriles is 2. The van der Waals surface area contributed by atoms with Crippen LogP contribution >= 0.6 is 0 Å². The van der Waals surface area contributed by atoms with Gasteiger partial charge in [-0.3, -0.25) is 14.4 Å². The average molecular weight is 677 g/mol. The van der Waals surface area contributed by atoms with Crippen LogP contribution in [-0.2, 0) is 29.2 Å². The largest absolute Gasteiger partial charge is 0.464 e. The van der Waals surface area contributed by atoms with Gasteiger partial charge in [-0.2, -0.15) is 15.6 Å². The van der Waals surface area contributed by atoms with Gasteiger partial charge in [0.15, 0.2) is 11.3 Å². The SMILES string of the molecule is COC(=O)c1cc(CN(C(=O)CCN2CCN(Cc3cc(C)cc(C)c3)C2=C(C#N)C#N)c2cccc(CN3CCCCC3)c2)n(C(C)C)n1. The predicted molar refractivity (Wildman–Crippen MR) is 191 cm³/mol. The molecule has 262 valence electrons. The number of piperidine rings is 1. The van der Waals surface area contributed by atoms with Crippen molar-refractivity contribution >= 4 is 17.6 Å². The molecule has 2 aromatic carbocycles. The maximum absolute atomic E-state index is 14.4. The maximum Gasteiger partial charge on any atom is 0.358 e. The molecular formula is C39H48N8O3. The van der Waals surface area contributed by atoms with E-state index in [-0.39, 0.29) is 36.2 Å². The molecule has 0 atom stereocenters. The molecule has 0 N–H and O–H groups in total. The lowest BCUT2D eigenvalue weighted by Gasteiger charge is -2.29. The van der Waals surface area contributed by atoms with Gasteiger partial charge in [0.05, 0.1) is 19.3 Å². The van der Waals surface area contributed by atoms with E-state index in [4.69, 9.17) is 4.74 Å². The number of hydrogen-bond acceptors (Lipinski definition) is 9. The Morgan fingerprint density at radius 2 is 1.60 bits per heavy atom. The third-order valence-corrected chi connectivity index (χ3v) is 9.33.